The van der Waals surface area contributed by atoms with E-state index >= 15 is 0 Å². The van der Waals surface area contributed by atoms with E-state index in [0.29, 0.717) is 16.0 Å². The van der Waals surface area contributed by atoms with E-state index in [0.717, 1.165) is 0 Å². The zero-order chi connectivity index (χ0) is 9.84. The third-order valence-electron chi connectivity index (χ3n) is 1.46. The van der Waals surface area contributed by atoms with Crippen LogP contribution in [-0.2, 0) is 0 Å². The number of rotatable bonds is 2. The smallest absolute Gasteiger partial charge is 0.198 e. The van der Waals surface area contributed by atoms with Crippen LogP contribution in [0.3, 0.4) is 0 Å². The highest BCUT2D eigenvalue weighted by molar-refractivity contribution is 9.10. The predicted molar refractivity (Wildman–Crippen MR) is 49.8 cm³/mol. The van der Waals surface area contributed by atoms with Crippen LogP contribution in [0.15, 0.2) is 10.7 Å². The lowest BCUT2D eigenvalue weighted by Gasteiger charge is -2.09. The maximum Gasteiger partial charge on any atom is 0.198 e. The number of pyridine rings is 1. The molecular weight excluding hydrogens is 236 g/mol. The van der Waals surface area contributed by atoms with E-state index < -0.39 is 0 Å². The van der Waals surface area contributed by atoms with Crippen molar-refractivity contribution in [3.8, 4) is 17.6 Å². The van der Waals surface area contributed by atoms with E-state index in [-0.39, 0.29) is 5.69 Å². The van der Waals surface area contributed by atoms with Crippen LogP contribution >= 0.6 is 15.9 Å². The summed E-state index contributed by atoms with van der Waals surface area (Å²) < 4.78 is 10.7. The minimum atomic E-state index is 0.211. The number of nitrogens with zero attached hydrogens (tertiary/aromatic N) is 2. The van der Waals surface area contributed by atoms with Gasteiger partial charge in [0.2, 0.25) is 0 Å². The van der Waals surface area contributed by atoms with Gasteiger partial charge >= 0.3 is 0 Å². The largest absolute Gasteiger partial charge is 0.492 e. The minimum Gasteiger partial charge on any atom is -0.492 e. The third kappa shape index (κ3) is 1.73. The standard InChI is InChI=1S/C8H7BrN2O2/c1-12-7-5(9)4-11-6(3-10)8(7)13-2/h4H,1-2H3. The summed E-state index contributed by atoms with van der Waals surface area (Å²) in [5, 5.41) is 8.70. The normalized spacial score (nSPS) is 9.08. The quantitative estimate of drug-likeness (QED) is 0.793. The van der Waals surface area contributed by atoms with Crippen molar-refractivity contribution in [3.05, 3.63) is 16.4 Å². The average Bonchev–Trinajstić information content (AvgIpc) is 2.17. The fourth-order valence-corrected chi connectivity index (χ4v) is 1.36. The molecule has 0 amide bonds. The van der Waals surface area contributed by atoms with Crippen molar-refractivity contribution in [1.82, 2.24) is 4.98 Å². The number of halogens is 1. The van der Waals surface area contributed by atoms with Gasteiger partial charge in [-0.3, -0.25) is 0 Å². The minimum absolute atomic E-state index is 0.211. The second-order valence-electron chi connectivity index (χ2n) is 2.13. The Morgan fingerprint density at radius 2 is 2.00 bits per heavy atom. The Labute approximate surface area is 84.2 Å². The molecule has 0 aliphatic heterocycles. The molecule has 0 aromatic carbocycles. The van der Waals surface area contributed by atoms with Gasteiger partial charge in [0.1, 0.15) is 6.07 Å². The number of hydrogen-bond donors (Lipinski definition) is 0. The number of methoxy groups -OCH3 is 2. The maximum absolute atomic E-state index is 8.70. The molecule has 0 aliphatic rings. The second-order valence-corrected chi connectivity index (χ2v) is 2.99. The highest BCUT2D eigenvalue weighted by Gasteiger charge is 2.14. The summed E-state index contributed by atoms with van der Waals surface area (Å²) in [6.07, 6.45) is 1.50. The zero-order valence-corrected chi connectivity index (χ0v) is 8.75. The number of aromatic nitrogens is 1. The Bertz CT molecular complexity index is 360. The van der Waals surface area contributed by atoms with Gasteiger partial charge in [-0.1, -0.05) is 0 Å². The van der Waals surface area contributed by atoms with Gasteiger partial charge in [-0.25, -0.2) is 4.98 Å². The first-order valence-corrected chi connectivity index (χ1v) is 4.20. The Morgan fingerprint density at radius 1 is 1.38 bits per heavy atom. The van der Waals surface area contributed by atoms with Crippen LogP contribution in [0.25, 0.3) is 0 Å². The summed E-state index contributed by atoms with van der Waals surface area (Å²) in [6, 6.07) is 1.91. The van der Waals surface area contributed by atoms with Gasteiger partial charge < -0.3 is 9.47 Å². The lowest BCUT2D eigenvalue weighted by atomic mass is 10.3. The van der Waals surface area contributed by atoms with E-state index in [1.807, 2.05) is 6.07 Å². The lowest BCUT2D eigenvalue weighted by molar-refractivity contribution is 0.350. The molecule has 0 atom stereocenters. The fraction of sp³-hybridized carbons (Fsp3) is 0.250. The summed E-state index contributed by atoms with van der Waals surface area (Å²) >= 11 is 3.23. The second kappa shape index (κ2) is 4.10. The van der Waals surface area contributed by atoms with Gasteiger partial charge in [0, 0.05) is 6.20 Å². The molecule has 0 aliphatic carbocycles. The molecule has 0 bridgehead atoms. The van der Waals surface area contributed by atoms with Crippen molar-refractivity contribution in [1.29, 1.82) is 5.26 Å². The van der Waals surface area contributed by atoms with Gasteiger partial charge in [0.25, 0.3) is 0 Å². The van der Waals surface area contributed by atoms with Crippen LogP contribution < -0.4 is 9.47 Å². The van der Waals surface area contributed by atoms with Crippen molar-refractivity contribution in [2.45, 2.75) is 0 Å². The molecule has 0 spiro atoms. The third-order valence-corrected chi connectivity index (χ3v) is 2.02. The van der Waals surface area contributed by atoms with Crippen LogP contribution in [0, 0.1) is 11.3 Å². The van der Waals surface area contributed by atoms with Crippen molar-refractivity contribution in [2.75, 3.05) is 14.2 Å². The van der Waals surface area contributed by atoms with Gasteiger partial charge in [-0.2, -0.15) is 5.26 Å². The average molecular weight is 243 g/mol. The van der Waals surface area contributed by atoms with Crippen molar-refractivity contribution in [2.24, 2.45) is 0 Å². The van der Waals surface area contributed by atoms with Gasteiger partial charge in [0.15, 0.2) is 17.2 Å². The molecule has 0 saturated carbocycles. The van der Waals surface area contributed by atoms with Gasteiger partial charge in [-0.15, -0.1) is 0 Å². The number of hydrogen-bond acceptors (Lipinski definition) is 4. The monoisotopic (exact) mass is 242 g/mol. The van der Waals surface area contributed by atoms with Crippen molar-refractivity contribution in [3.63, 3.8) is 0 Å². The van der Waals surface area contributed by atoms with Crippen LogP contribution in [0.1, 0.15) is 5.69 Å². The summed E-state index contributed by atoms with van der Waals surface area (Å²) in [4.78, 5) is 3.86. The molecule has 0 radical (unpaired) electrons. The molecule has 1 aromatic heterocycles. The Balaban J connectivity index is 3.38. The summed E-state index contributed by atoms with van der Waals surface area (Å²) in [6.45, 7) is 0. The molecule has 5 heteroatoms. The van der Waals surface area contributed by atoms with E-state index in [1.54, 1.807) is 0 Å². The van der Waals surface area contributed by atoms with Gasteiger partial charge in [0.05, 0.1) is 18.7 Å². The lowest BCUT2D eigenvalue weighted by Crippen LogP contribution is -1.96. The van der Waals surface area contributed by atoms with Crippen LogP contribution in [0.4, 0.5) is 0 Å². The molecule has 0 fully saturated rings. The zero-order valence-electron chi connectivity index (χ0n) is 7.17. The Hall–Kier alpha value is -1.28. The molecule has 0 N–H and O–H groups in total. The fourth-order valence-electron chi connectivity index (χ4n) is 0.914. The molecule has 68 valence electrons. The predicted octanol–water partition coefficient (Wildman–Crippen LogP) is 1.73. The van der Waals surface area contributed by atoms with E-state index in [2.05, 4.69) is 20.9 Å². The molecular formula is C8H7BrN2O2. The molecule has 1 aromatic rings. The highest BCUT2D eigenvalue weighted by Crippen LogP contribution is 2.35. The van der Waals surface area contributed by atoms with Gasteiger partial charge in [-0.05, 0) is 15.9 Å². The summed E-state index contributed by atoms with van der Waals surface area (Å²) in [5.41, 5.74) is 0.211. The van der Waals surface area contributed by atoms with E-state index in [9.17, 15) is 0 Å². The molecule has 1 heterocycles. The first kappa shape index (κ1) is 9.81. The summed E-state index contributed by atoms with van der Waals surface area (Å²) in [5.74, 6) is 0.827. The van der Waals surface area contributed by atoms with Crippen LogP contribution in [-0.4, -0.2) is 19.2 Å². The molecule has 0 saturated heterocycles. The number of nitriles is 1. The maximum atomic E-state index is 8.70. The van der Waals surface area contributed by atoms with Crippen LogP contribution in [0.2, 0.25) is 0 Å². The Morgan fingerprint density at radius 3 is 2.46 bits per heavy atom. The van der Waals surface area contributed by atoms with Crippen LogP contribution in [0.5, 0.6) is 11.5 Å². The van der Waals surface area contributed by atoms with Crippen molar-refractivity contribution >= 4 is 15.9 Å². The van der Waals surface area contributed by atoms with E-state index in [4.69, 9.17) is 14.7 Å². The molecule has 1 rings (SSSR count). The number of ether oxygens (including phenoxy) is 2. The molecule has 0 unspecified atom stereocenters. The van der Waals surface area contributed by atoms with E-state index in [1.165, 1.54) is 20.4 Å². The molecule has 4 nitrogen and oxygen atoms in total. The highest BCUT2D eigenvalue weighted by atomic mass is 79.9. The first-order valence-electron chi connectivity index (χ1n) is 3.41. The van der Waals surface area contributed by atoms with Crippen molar-refractivity contribution < 1.29 is 9.47 Å². The summed E-state index contributed by atoms with van der Waals surface area (Å²) in [7, 11) is 2.97. The Kier molecular flexibility index (Phi) is 3.09. The molecule has 13 heavy (non-hydrogen) atoms. The first-order chi connectivity index (χ1) is 6.24. The topological polar surface area (TPSA) is 55.1 Å². The SMILES string of the molecule is COc1c(Br)cnc(C#N)c1OC.